The Morgan fingerprint density at radius 2 is 1.86 bits per heavy atom. The molecule has 2 aromatic carbocycles. The lowest BCUT2D eigenvalue weighted by molar-refractivity contribution is -0.128. The molecule has 3 aromatic rings. The van der Waals surface area contributed by atoms with E-state index in [1.807, 2.05) is 47.4 Å². The second-order valence-corrected chi connectivity index (χ2v) is 8.46. The Balaban J connectivity index is 1.29. The number of hydrogen-bond donors (Lipinski definition) is 1. The highest BCUT2D eigenvalue weighted by Gasteiger charge is 2.23. The lowest BCUT2D eigenvalue weighted by Crippen LogP contribution is -2.49. The van der Waals surface area contributed by atoms with Gasteiger partial charge in [0.2, 0.25) is 5.91 Å². The Morgan fingerprint density at radius 1 is 1.14 bits per heavy atom. The highest BCUT2D eigenvalue weighted by molar-refractivity contribution is 8.00. The number of ether oxygens (including phenoxy) is 1. The number of aromatic amines is 1. The van der Waals surface area contributed by atoms with Crippen LogP contribution >= 0.6 is 11.8 Å². The molecule has 1 N–H and O–H groups in total. The SMILES string of the molecule is COc1ccccc1N1CCN(C(=O)CSC(C)c2nc3ccccc3[nH]2)CC1. The second-order valence-electron chi connectivity index (χ2n) is 7.13. The summed E-state index contributed by atoms with van der Waals surface area (Å²) in [5.74, 6) is 2.46. The van der Waals surface area contributed by atoms with Crippen molar-refractivity contribution in [1.82, 2.24) is 14.9 Å². The average molecular weight is 411 g/mol. The zero-order chi connectivity index (χ0) is 20.2. The number of para-hydroxylation sites is 4. The number of fused-ring (bicyclic) bond motifs is 1. The molecule has 0 radical (unpaired) electrons. The van der Waals surface area contributed by atoms with Crippen molar-refractivity contribution in [3.05, 3.63) is 54.4 Å². The van der Waals surface area contributed by atoms with Crippen molar-refractivity contribution in [2.45, 2.75) is 12.2 Å². The molecule has 1 aliphatic rings. The highest BCUT2D eigenvalue weighted by atomic mass is 32.2. The van der Waals surface area contributed by atoms with Crippen LogP contribution in [0, 0.1) is 0 Å². The number of carbonyl (C=O) groups is 1. The van der Waals surface area contributed by atoms with E-state index in [0.29, 0.717) is 5.75 Å². The van der Waals surface area contributed by atoms with Gasteiger partial charge in [-0.3, -0.25) is 4.79 Å². The zero-order valence-electron chi connectivity index (χ0n) is 16.8. The van der Waals surface area contributed by atoms with Gasteiger partial charge in [0, 0.05) is 26.2 Å². The van der Waals surface area contributed by atoms with E-state index in [4.69, 9.17) is 4.74 Å². The number of benzene rings is 2. The summed E-state index contributed by atoms with van der Waals surface area (Å²) in [5, 5.41) is 0.140. The molecule has 1 saturated heterocycles. The van der Waals surface area contributed by atoms with Crippen LogP contribution in [0.15, 0.2) is 48.5 Å². The maximum Gasteiger partial charge on any atom is 0.232 e. The number of aromatic nitrogens is 2. The van der Waals surface area contributed by atoms with Gasteiger partial charge in [0.15, 0.2) is 0 Å². The first-order chi connectivity index (χ1) is 14.2. The van der Waals surface area contributed by atoms with Gasteiger partial charge >= 0.3 is 0 Å². The monoisotopic (exact) mass is 410 g/mol. The van der Waals surface area contributed by atoms with E-state index >= 15 is 0 Å². The van der Waals surface area contributed by atoms with Crippen LogP contribution in [0.25, 0.3) is 11.0 Å². The Labute approximate surface area is 175 Å². The fourth-order valence-corrected chi connectivity index (χ4v) is 4.46. The molecule has 1 fully saturated rings. The first-order valence-corrected chi connectivity index (χ1v) is 10.9. The van der Waals surface area contributed by atoms with Gasteiger partial charge in [0.1, 0.15) is 11.6 Å². The smallest absolute Gasteiger partial charge is 0.232 e. The van der Waals surface area contributed by atoms with Crippen LogP contribution in [0.3, 0.4) is 0 Å². The van der Waals surface area contributed by atoms with Crippen LogP contribution in [-0.4, -0.2) is 59.8 Å². The summed E-state index contributed by atoms with van der Waals surface area (Å²) in [6.07, 6.45) is 0. The van der Waals surface area contributed by atoms with Crippen molar-refractivity contribution in [2.75, 3.05) is 43.9 Å². The largest absolute Gasteiger partial charge is 0.495 e. The standard InChI is InChI=1S/C22H26N4O2S/c1-16(22-23-17-7-3-4-8-18(17)24-22)29-15-21(27)26-13-11-25(12-14-26)19-9-5-6-10-20(19)28-2/h3-10,16H,11-15H2,1-2H3,(H,23,24). The van der Waals surface area contributed by atoms with Gasteiger partial charge in [-0.25, -0.2) is 4.98 Å². The molecule has 4 rings (SSSR count). The van der Waals surface area contributed by atoms with E-state index < -0.39 is 0 Å². The molecule has 0 aliphatic carbocycles. The van der Waals surface area contributed by atoms with Gasteiger partial charge in [-0.15, -0.1) is 11.8 Å². The molecule has 7 heteroatoms. The Hall–Kier alpha value is -2.67. The van der Waals surface area contributed by atoms with Crippen LogP contribution in [0.2, 0.25) is 0 Å². The number of H-pyrrole nitrogens is 1. The van der Waals surface area contributed by atoms with E-state index in [0.717, 1.165) is 54.5 Å². The van der Waals surface area contributed by atoms with E-state index in [1.165, 1.54) is 0 Å². The molecule has 0 bridgehead atoms. The van der Waals surface area contributed by atoms with Crippen molar-refractivity contribution in [1.29, 1.82) is 0 Å². The zero-order valence-corrected chi connectivity index (χ0v) is 17.6. The highest BCUT2D eigenvalue weighted by Crippen LogP contribution is 2.30. The molecule has 1 atom stereocenters. The molecule has 1 aromatic heterocycles. The number of carbonyl (C=O) groups excluding carboxylic acids is 1. The van der Waals surface area contributed by atoms with Crippen molar-refractivity contribution in [3.8, 4) is 5.75 Å². The first kappa shape index (κ1) is 19.6. The van der Waals surface area contributed by atoms with E-state index in [-0.39, 0.29) is 11.2 Å². The third kappa shape index (κ3) is 4.34. The Morgan fingerprint density at radius 3 is 2.62 bits per heavy atom. The number of imidazole rings is 1. The molecular formula is C22H26N4O2S. The average Bonchev–Trinajstić information content (AvgIpc) is 3.22. The third-order valence-electron chi connectivity index (χ3n) is 5.31. The molecule has 6 nitrogen and oxygen atoms in total. The lowest BCUT2D eigenvalue weighted by atomic mass is 10.2. The normalized spacial score (nSPS) is 15.5. The predicted molar refractivity (Wildman–Crippen MR) is 119 cm³/mol. The quantitative estimate of drug-likeness (QED) is 0.671. The first-order valence-electron chi connectivity index (χ1n) is 9.87. The summed E-state index contributed by atoms with van der Waals surface area (Å²) in [5.41, 5.74) is 3.09. The number of nitrogens with one attached hydrogen (secondary N) is 1. The van der Waals surface area contributed by atoms with Crippen molar-refractivity contribution in [2.24, 2.45) is 0 Å². The molecular weight excluding hydrogens is 384 g/mol. The maximum atomic E-state index is 12.7. The topological polar surface area (TPSA) is 61.5 Å². The van der Waals surface area contributed by atoms with Gasteiger partial charge in [-0.1, -0.05) is 24.3 Å². The number of methoxy groups -OCH3 is 1. The number of amides is 1. The molecule has 2 heterocycles. The van der Waals surface area contributed by atoms with Crippen molar-refractivity contribution < 1.29 is 9.53 Å². The Bertz CT molecular complexity index is 949. The molecule has 1 aliphatic heterocycles. The van der Waals surface area contributed by atoms with Crippen LogP contribution in [-0.2, 0) is 4.79 Å². The van der Waals surface area contributed by atoms with Gasteiger partial charge in [0.05, 0.1) is 34.8 Å². The van der Waals surface area contributed by atoms with E-state index in [9.17, 15) is 4.79 Å². The fourth-order valence-electron chi connectivity index (χ4n) is 3.62. The summed E-state index contributed by atoms with van der Waals surface area (Å²) in [6.45, 7) is 5.19. The van der Waals surface area contributed by atoms with Crippen molar-refractivity contribution >= 4 is 34.4 Å². The van der Waals surface area contributed by atoms with E-state index in [2.05, 4.69) is 27.9 Å². The van der Waals surface area contributed by atoms with Crippen molar-refractivity contribution in [3.63, 3.8) is 0 Å². The summed E-state index contributed by atoms with van der Waals surface area (Å²) in [7, 11) is 1.69. The number of nitrogens with zero attached hydrogens (tertiary/aromatic N) is 3. The Kier molecular flexibility index (Phi) is 5.94. The number of rotatable bonds is 6. The lowest BCUT2D eigenvalue weighted by Gasteiger charge is -2.36. The minimum absolute atomic E-state index is 0.140. The number of anilines is 1. The molecule has 1 unspecified atom stereocenters. The van der Waals surface area contributed by atoms with Gasteiger partial charge in [-0.2, -0.15) is 0 Å². The molecule has 1 amide bonds. The summed E-state index contributed by atoms with van der Waals surface area (Å²) in [4.78, 5) is 25.0. The van der Waals surface area contributed by atoms with Gasteiger partial charge in [-0.05, 0) is 31.2 Å². The number of piperazine rings is 1. The minimum Gasteiger partial charge on any atom is -0.495 e. The molecule has 0 saturated carbocycles. The van der Waals surface area contributed by atoms with Crippen LogP contribution in [0.5, 0.6) is 5.75 Å². The molecule has 29 heavy (non-hydrogen) atoms. The number of hydrogen-bond acceptors (Lipinski definition) is 5. The summed E-state index contributed by atoms with van der Waals surface area (Å²) >= 11 is 1.63. The molecule has 152 valence electrons. The second kappa shape index (κ2) is 8.78. The van der Waals surface area contributed by atoms with Crippen LogP contribution in [0.4, 0.5) is 5.69 Å². The van der Waals surface area contributed by atoms with Crippen LogP contribution < -0.4 is 9.64 Å². The molecule has 0 spiro atoms. The van der Waals surface area contributed by atoms with Gasteiger partial charge < -0.3 is 19.5 Å². The number of thioether (sulfide) groups is 1. The maximum absolute atomic E-state index is 12.7. The fraction of sp³-hybridized carbons (Fsp3) is 0.364. The van der Waals surface area contributed by atoms with E-state index in [1.54, 1.807) is 18.9 Å². The summed E-state index contributed by atoms with van der Waals surface area (Å²) in [6, 6.07) is 16.0. The van der Waals surface area contributed by atoms with Crippen LogP contribution in [0.1, 0.15) is 18.0 Å². The summed E-state index contributed by atoms with van der Waals surface area (Å²) < 4.78 is 5.47. The minimum atomic E-state index is 0.140. The predicted octanol–water partition coefficient (Wildman–Crippen LogP) is 3.71. The van der Waals surface area contributed by atoms with Gasteiger partial charge in [0.25, 0.3) is 0 Å². The third-order valence-corrected chi connectivity index (χ3v) is 6.44.